The van der Waals surface area contributed by atoms with Crippen molar-refractivity contribution in [3.8, 4) is 5.75 Å². The van der Waals surface area contributed by atoms with Gasteiger partial charge in [0.2, 0.25) is 0 Å². The molecule has 2 aromatic rings. The Labute approximate surface area is 130 Å². The largest absolute Gasteiger partial charge is 0.421 e. The van der Waals surface area contributed by atoms with Gasteiger partial charge in [-0.15, -0.1) is 0 Å². The van der Waals surface area contributed by atoms with E-state index in [0.717, 1.165) is 10.0 Å². The zero-order valence-corrected chi connectivity index (χ0v) is 13.1. The number of esters is 1. The lowest BCUT2D eigenvalue weighted by molar-refractivity contribution is 0.0734. The molecule has 0 aliphatic heterocycles. The van der Waals surface area contributed by atoms with E-state index in [-0.39, 0.29) is 0 Å². The van der Waals surface area contributed by atoms with Gasteiger partial charge in [-0.1, -0.05) is 39.7 Å². The molecule has 0 aliphatic carbocycles. The normalized spacial score (nSPS) is 10.3. The maximum absolute atomic E-state index is 12.1. The van der Waals surface area contributed by atoms with Crippen LogP contribution in [0.15, 0.2) is 46.9 Å². The highest BCUT2D eigenvalue weighted by Gasteiger charge is 2.11. The van der Waals surface area contributed by atoms with Gasteiger partial charge in [0.25, 0.3) is 0 Å². The zero-order chi connectivity index (χ0) is 14.5. The van der Waals surface area contributed by atoms with Crippen molar-refractivity contribution in [3.63, 3.8) is 0 Å². The lowest BCUT2D eigenvalue weighted by Gasteiger charge is -2.07. The van der Waals surface area contributed by atoms with Crippen LogP contribution in [-0.2, 0) is 11.3 Å². The number of rotatable bonds is 4. The number of hydrogen-bond acceptors (Lipinski definition) is 3. The third-order valence-corrected chi connectivity index (χ3v) is 3.36. The topological polar surface area (TPSA) is 35.5 Å². The molecule has 0 unspecified atom stereocenters. The molecule has 0 atom stereocenters. The summed E-state index contributed by atoms with van der Waals surface area (Å²) >= 11 is 9.31. The zero-order valence-electron chi connectivity index (χ0n) is 10.7. The number of carbonyl (C=O) groups is 1. The fraction of sp³-hybridized carbons (Fsp3) is 0.133. The molecule has 0 amide bonds. The summed E-state index contributed by atoms with van der Waals surface area (Å²) in [6.45, 7) is 0.445. The van der Waals surface area contributed by atoms with Crippen molar-refractivity contribution in [1.82, 2.24) is 0 Å². The first kappa shape index (κ1) is 15.0. The van der Waals surface area contributed by atoms with Gasteiger partial charge in [0.05, 0.1) is 17.2 Å². The van der Waals surface area contributed by atoms with Crippen LogP contribution >= 0.6 is 27.5 Å². The molecule has 0 aromatic heterocycles. The highest BCUT2D eigenvalue weighted by molar-refractivity contribution is 9.10. The van der Waals surface area contributed by atoms with E-state index in [1.165, 1.54) is 0 Å². The lowest BCUT2D eigenvalue weighted by Crippen LogP contribution is -2.09. The molecule has 2 rings (SSSR count). The third-order valence-electron chi connectivity index (χ3n) is 2.57. The molecule has 0 bridgehead atoms. The van der Waals surface area contributed by atoms with Gasteiger partial charge in [-0.2, -0.15) is 0 Å². The molecule has 3 nitrogen and oxygen atoms in total. The molecule has 5 heteroatoms. The molecule has 104 valence electrons. The van der Waals surface area contributed by atoms with Gasteiger partial charge in [-0.3, -0.25) is 0 Å². The molecule has 0 aliphatic rings. The van der Waals surface area contributed by atoms with E-state index in [1.54, 1.807) is 43.5 Å². The first-order chi connectivity index (χ1) is 9.60. The van der Waals surface area contributed by atoms with Gasteiger partial charge < -0.3 is 9.47 Å². The second-order valence-electron chi connectivity index (χ2n) is 4.10. The van der Waals surface area contributed by atoms with Crippen molar-refractivity contribution in [2.24, 2.45) is 0 Å². The molecular formula is C15H12BrClO3. The average molecular weight is 356 g/mol. The van der Waals surface area contributed by atoms with Crippen LogP contribution in [0.2, 0.25) is 5.02 Å². The van der Waals surface area contributed by atoms with E-state index < -0.39 is 5.97 Å². The summed E-state index contributed by atoms with van der Waals surface area (Å²) in [5.74, 6) is -0.121. The first-order valence-electron chi connectivity index (χ1n) is 5.85. The van der Waals surface area contributed by atoms with Crippen molar-refractivity contribution >= 4 is 33.5 Å². The smallest absolute Gasteiger partial charge is 0.343 e. The van der Waals surface area contributed by atoms with E-state index >= 15 is 0 Å². The molecule has 0 saturated carbocycles. The van der Waals surface area contributed by atoms with Crippen LogP contribution in [-0.4, -0.2) is 13.1 Å². The Kier molecular flexibility index (Phi) is 5.17. The molecule has 0 radical (unpaired) electrons. The van der Waals surface area contributed by atoms with Gasteiger partial charge in [0.15, 0.2) is 0 Å². The maximum Gasteiger partial charge on any atom is 0.343 e. The quantitative estimate of drug-likeness (QED) is 0.600. The van der Waals surface area contributed by atoms with E-state index in [2.05, 4.69) is 15.9 Å². The highest BCUT2D eigenvalue weighted by atomic mass is 79.9. The van der Waals surface area contributed by atoms with Crippen LogP contribution in [0.3, 0.4) is 0 Å². The van der Waals surface area contributed by atoms with Gasteiger partial charge in [0, 0.05) is 11.6 Å². The fourth-order valence-corrected chi connectivity index (χ4v) is 2.38. The first-order valence-corrected chi connectivity index (χ1v) is 7.02. The standard InChI is InChI=1S/C15H12BrClO3/c1-19-9-10-3-2-4-11(7-10)15(18)20-14-6-5-12(16)8-13(14)17/h2-8H,9H2,1H3. The van der Waals surface area contributed by atoms with Crippen molar-refractivity contribution in [2.75, 3.05) is 7.11 Å². The monoisotopic (exact) mass is 354 g/mol. The maximum atomic E-state index is 12.1. The Morgan fingerprint density at radius 2 is 2.05 bits per heavy atom. The molecule has 2 aromatic carbocycles. The van der Waals surface area contributed by atoms with Gasteiger partial charge in [0.1, 0.15) is 5.75 Å². The van der Waals surface area contributed by atoms with E-state index in [1.807, 2.05) is 6.07 Å². The summed E-state index contributed by atoms with van der Waals surface area (Å²) < 4.78 is 11.1. The summed E-state index contributed by atoms with van der Waals surface area (Å²) in [4.78, 5) is 12.1. The molecule has 0 heterocycles. The van der Waals surface area contributed by atoms with Crippen LogP contribution in [0, 0.1) is 0 Å². The SMILES string of the molecule is COCc1cccc(C(=O)Oc2ccc(Br)cc2Cl)c1. The molecule has 0 fully saturated rings. The summed E-state index contributed by atoms with van der Waals surface area (Å²) in [5.41, 5.74) is 1.36. The Balaban J connectivity index is 2.17. The number of benzene rings is 2. The number of carbonyl (C=O) groups excluding carboxylic acids is 1. The van der Waals surface area contributed by atoms with Gasteiger partial charge in [-0.25, -0.2) is 4.79 Å². The summed E-state index contributed by atoms with van der Waals surface area (Å²) in [7, 11) is 1.60. The second-order valence-corrected chi connectivity index (χ2v) is 5.42. The second kappa shape index (κ2) is 6.88. The van der Waals surface area contributed by atoms with Crippen molar-refractivity contribution < 1.29 is 14.3 Å². The number of halogens is 2. The summed E-state index contributed by atoms with van der Waals surface area (Å²) in [5, 5.41) is 0.376. The average Bonchev–Trinajstić information content (AvgIpc) is 2.42. The predicted octanol–water partition coefficient (Wildman–Crippen LogP) is 4.47. The Bertz CT molecular complexity index is 628. The lowest BCUT2D eigenvalue weighted by atomic mass is 10.1. The number of methoxy groups -OCH3 is 1. The van der Waals surface area contributed by atoms with Gasteiger partial charge in [-0.05, 0) is 35.9 Å². The Morgan fingerprint density at radius 1 is 1.25 bits per heavy atom. The van der Waals surface area contributed by atoms with E-state index in [4.69, 9.17) is 21.1 Å². The van der Waals surface area contributed by atoms with Crippen LogP contribution in [0.25, 0.3) is 0 Å². The molecule has 0 spiro atoms. The minimum absolute atomic E-state index is 0.331. The van der Waals surface area contributed by atoms with Gasteiger partial charge >= 0.3 is 5.97 Å². The minimum Gasteiger partial charge on any atom is -0.421 e. The third kappa shape index (κ3) is 3.82. The van der Waals surface area contributed by atoms with Crippen molar-refractivity contribution in [1.29, 1.82) is 0 Å². The fourth-order valence-electron chi connectivity index (χ4n) is 1.67. The molecular weight excluding hydrogens is 344 g/mol. The Hall–Kier alpha value is -1.36. The molecule has 20 heavy (non-hydrogen) atoms. The van der Waals surface area contributed by atoms with Crippen molar-refractivity contribution in [2.45, 2.75) is 6.61 Å². The number of ether oxygens (including phenoxy) is 2. The van der Waals surface area contributed by atoms with Crippen LogP contribution in [0.1, 0.15) is 15.9 Å². The Morgan fingerprint density at radius 3 is 2.75 bits per heavy atom. The summed E-state index contributed by atoms with van der Waals surface area (Å²) in [6.07, 6.45) is 0. The number of hydrogen-bond donors (Lipinski definition) is 0. The predicted molar refractivity (Wildman–Crippen MR) is 81.3 cm³/mol. The summed E-state index contributed by atoms with van der Waals surface area (Å²) in [6, 6.07) is 12.2. The van der Waals surface area contributed by atoms with Crippen LogP contribution in [0.5, 0.6) is 5.75 Å². The van der Waals surface area contributed by atoms with E-state index in [9.17, 15) is 4.79 Å². The van der Waals surface area contributed by atoms with Crippen molar-refractivity contribution in [3.05, 3.63) is 63.1 Å². The highest BCUT2D eigenvalue weighted by Crippen LogP contribution is 2.28. The molecule has 0 saturated heterocycles. The molecule has 0 N–H and O–H groups in total. The van der Waals surface area contributed by atoms with Crippen LogP contribution < -0.4 is 4.74 Å². The van der Waals surface area contributed by atoms with Crippen LogP contribution in [0.4, 0.5) is 0 Å². The van der Waals surface area contributed by atoms with E-state index in [0.29, 0.717) is 22.9 Å². The minimum atomic E-state index is -0.452.